The van der Waals surface area contributed by atoms with Crippen LogP contribution in [-0.4, -0.2) is 23.3 Å². The standard InChI is InChI=1S/C13H12N4O2/c18-10-6-14-13(19)11-12(16-10)15-8-17(11)7-9-4-2-1-3-5-9/h1-5,8H,6-7H2,(H2,14,16,18,19)/p+1. The highest BCUT2D eigenvalue weighted by molar-refractivity contribution is 6.05. The van der Waals surface area contributed by atoms with Crippen molar-refractivity contribution in [2.75, 3.05) is 11.9 Å². The van der Waals surface area contributed by atoms with Gasteiger partial charge in [0.25, 0.3) is 17.4 Å². The summed E-state index contributed by atoms with van der Waals surface area (Å²) in [6.07, 6.45) is 1.68. The number of carbonyl (C=O) groups excluding carboxylic acids is 2. The Bertz CT molecular complexity index is 633. The summed E-state index contributed by atoms with van der Waals surface area (Å²) in [5.74, 6) is -0.0535. The number of imidazole rings is 1. The first kappa shape index (κ1) is 11.5. The van der Waals surface area contributed by atoms with E-state index in [0.717, 1.165) is 5.56 Å². The molecule has 0 bridgehead atoms. The van der Waals surface area contributed by atoms with Crippen molar-refractivity contribution in [1.29, 1.82) is 0 Å². The highest BCUT2D eigenvalue weighted by Gasteiger charge is 2.29. The quantitative estimate of drug-likeness (QED) is 0.664. The van der Waals surface area contributed by atoms with Crippen LogP contribution in [0.15, 0.2) is 36.7 Å². The number of rotatable bonds is 2. The number of amides is 2. The fourth-order valence-electron chi connectivity index (χ4n) is 2.09. The van der Waals surface area contributed by atoms with Crippen LogP contribution < -0.4 is 15.2 Å². The predicted molar refractivity (Wildman–Crippen MR) is 67.5 cm³/mol. The second kappa shape index (κ2) is 4.56. The van der Waals surface area contributed by atoms with Gasteiger partial charge in [0, 0.05) is 0 Å². The van der Waals surface area contributed by atoms with Crippen molar-refractivity contribution in [1.82, 2.24) is 10.3 Å². The predicted octanol–water partition coefficient (Wildman–Crippen LogP) is 0.0324. The van der Waals surface area contributed by atoms with Crippen molar-refractivity contribution < 1.29 is 14.2 Å². The molecule has 2 aromatic rings. The van der Waals surface area contributed by atoms with E-state index in [1.54, 1.807) is 10.9 Å². The SMILES string of the molecule is O=C1CNC(=O)c2c([nH]c[n+]2Cc2ccccc2)N1. The fourth-order valence-corrected chi connectivity index (χ4v) is 2.09. The van der Waals surface area contributed by atoms with Crippen molar-refractivity contribution in [2.45, 2.75) is 6.54 Å². The summed E-state index contributed by atoms with van der Waals surface area (Å²) >= 11 is 0. The maximum absolute atomic E-state index is 12.0. The summed E-state index contributed by atoms with van der Waals surface area (Å²) in [7, 11) is 0. The lowest BCUT2D eigenvalue weighted by atomic mass is 10.2. The third kappa shape index (κ3) is 2.20. The lowest BCUT2D eigenvalue weighted by molar-refractivity contribution is -0.688. The Morgan fingerprint density at radius 1 is 1.16 bits per heavy atom. The third-order valence-corrected chi connectivity index (χ3v) is 2.97. The molecule has 3 rings (SSSR count). The van der Waals surface area contributed by atoms with Crippen molar-refractivity contribution >= 4 is 17.6 Å². The van der Waals surface area contributed by atoms with E-state index in [1.165, 1.54) is 0 Å². The maximum atomic E-state index is 12.0. The van der Waals surface area contributed by atoms with Gasteiger partial charge in [0.05, 0.1) is 6.54 Å². The molecule has 2 amide bonds. The van der Waals surface area contributed by atoms with Crippen LogP contribution in [0.25, 0.3) is 0 Å². The van der Waals surface area contributed by atoms with Crippen LogP contribution in [0.4, 0.5) is 5.82 Å². The molecule has 1 aliphatic heterocycles. The van der Waals surface area contributed by atoms with E-state index in [1.807, 2.05) is 30.3 Å². The molecular formula is C13H13N4O2+. The van der Waals surface area contributed by atoms with Crippen LogP contribution >= 0.6 is 0 Å². The first-order chi connectivity index (χ1) is 9.24. The molecule has 0 saturated carbocycles. The Kier molecular flexibility index (Phi) is 2.75. The minimum absolute atomic E-state index is 0.00725. The molecule has 1 aromatic heterocycles. The van der Waals surface area contributed by atoms with Crippen LogP contribution in [0.2, 0.25) is 0 Å². The minimum atomic E-state index is -0.259. The number of aromatic amines is 1. The smallest absolute Gasteiger partial charge is 0.297 e. The average Bonchev–Trinajstić information content (AvgIpc) is 2.73. The zero-order chi connectivity index (χ0) is 13.2. The average molecular weight is 257 g/mol. The third-order valence-electron chi connectivity index (χ3n) is 2.97. The van der Waals surface area contributed by atoms with Gasteiger partial charge >= 0.3 is 0 Å². The van der Waals surface area contributed by atoms with Gasteiger partial charge < -0.3 is 5.32 Å². The number of anilines is 1. The maximum Gasteiger partial charge on any atom is 0.297 e. The van der Waals surface area contributed by atoms with Crippen LogP contribution in [0.3, 0.4) is 0 Å². The first-order valence-electron chi connectivity index (χ1n) is 5.97. The van der Waals surface area contributed by atoms with Crippen molar-refractivity contribution in [3.05, 3.63) is 47.9 Å². The monoisotopic (exact) mass is 257 g/mol. The largest absolute Gasteiger partial charge is 0.340 e. The van der Waals surface area contributed by atoms with E-state index >= 15 is 0 Å². The number of hydrogen-bond acceptors (Lipinski definition) is 2. The molecule has 96 valence electrons. The summed E-state index contributed by atoms with van der Waals surface area (Å²) in [4.78, 5) is 26.3. The van der Waals surface area contributed by atoms with Gasteiger partial charge in [0.2, 0.25) is 12.2 Å². The molecule has 6 heteroatoms. The van der Waals surface area contributed by atoms with E-state index in [-0.39, 0.29) is 18.4 Å². The molecule has 0 spiro atoms. The Morgan fingerprint density at radius 3 is 2.74 bits per heavy atom. The topological polar surface area (TPSA) is 77.9 Å². The number of aromatic nitrogens is 2. The number of hydrogen-bond donors (Lipinski definition) is 3. The second-order valence-corrected chi connectivity index (χ2v) is 4.34. The highest BCUT2D eigenvalue weighted by atomic mass is 16.2. The normalized spacial score (nSPS) is 14.3. The van der Waals surface area contributed by atoms with Gasteiger partial charge in [-0.15, -0.1) is 0 Å². The van der Waals surface area contributed by atoms with E-state index in [2.05, 4.69) is 15.6 Å². The second-order valence-electron chi connectivity index (χ2n) is 4.34. The van der Waals surface area contributed by atoms with Gasteiger partial charge in [0.15, 0.2) is 0 Å². The molecular weight excluding hydrogens is 244 g/mol. The molecule has 0 unspecified atom stereocenters. The molecule has 19 heavy (non-hydrogen) atoms. The molecule has 1 aliphatic rings. The van der Waals surface area contributed by atoms with Gasteiger partial charge in [-0.3, -0.25) is 14.9 Å². The first-order valence-corrected chi connectivity index (χ1v) is 5.97. The van der Waals surface area contributed by atoms with E-state index in [4.69, 9.17) is 0 Å². The number of benzene rings is 1. The van der Waals surface area contributed by atoms with Gasteiger partial charge in [-0.1, -0.05) is 30.3 Å². The Labute approximate surface area is 109 Å². The van der Waals surface area contributed by atoms with Gasteiger partial charge in [-0.25, -0.2) is 9.55 Å². The molecule has 0 radical (unpaired) electrons. The van der Waals surface area contributed by atoms with Gasteiger partial charge in [-0.2, -0.15) is 0 Å². The Morgan fingerprint density at radius 2 is 1.95 bits per heavy atom. The van der Waals surface area contributed by atoms with E-state index in [9.17, 15) is 9.59 Å². The molecule has 0 aliphatic carbocycles. The lowest BCUT2D eigenvalue weighted by Gasteiger charge is -2.01. The van der Waals surface area contributed by atoms with Crippen molar-refractivity contribution in [2.24, 2.45) is 0 Å². The molecule has 0 saturated heterocycles. The van der Waals surface area contributed by atoms with Gasteiger partial charge in [-0.05, 0) is 5.56 Å². The Balaban J connectivity index is 1.96. The molecule has 3 N–H and O–H groups in total. The highest BCUT2D eigenvalue weighted by Crippen LogP contribution is 2.11. The number of nitrogens with one attached hydrogen (secondary N) is 3. The number of H-pyrrole nitrogens is 1. The number of nitrogens with zero attached hydrogens (tertiary/aromatic N) is 1. The summed E-state index contributed by atoms with van der Waals surface area (Å²) in [6, 6.07) is 9.81. The molecule has 1 aromatic carbocycles. The van der Waals surface area contributed by atoms with E-state index in [0.29, 0.717) is 18.1 Å². The fraction of sp³-hybridized carbons (Fsp3) is 0.154. The summed E-state index contributed by atoms with van der Waals surface area (Å²) in [5.41, 5.74) is 1.52. The minimum Gasteiger partial charge on any atom is -0.340 e. The zero-order valence-electron chi connectivity index (χ0n) is 10.1. The molecule has 2 heterocycles. The van der Waals surface area contributed by atoms with Crippen LogP contribution in [0.1, 0.15) is 16.1 Å². The molecule has 0 atom stereocenters. The Hall–Kier alpha value is -2.63. The van der Waals surface area contributed by atoms with Crippen LogP contribution in [0, 0.1) is 0 Å². The summed E-state index contributed by atoms with van der Waals surface area (Å²) in [5, 5.41) is 5.23. The van der Waals surface area contributed by atoms with Crippen molar-refractivity contribution in [3.63, 3.8) is 0 Å². The van der Waals surface area contributed by atoms with Gasteiger partial charge in [0.1, 0.15) is 6.54 Å². The zero-order valence-corrected chi connectivity index (χ0v) is 10.1. The summed E-state index contributed by atoms with van der Waals surface area (Å²) in [6.45, 7) is 0.558. The van der Waals surface area contributed by atoms with Crippen LogP contribution in [-0.2, 0) is 11.3 Å². The summed E-state index contributed by atoms with van der Waals surface area (Å²) < 4.78 is 1.78. The number of fused-ring (bicyclic) bond motifs is 1. The van der Waals surface area contributed by atoms with E-state index < -0.39 is 0 Å². The molecule has 0 fully saturated rings. The van der Waals surface area contributed by atoms with Crippen LogP contribution in [0.5, 0.6) is 0 Å². The number of carbonyl (C=O) groups is 2. The molecule has 6 nitrogen and oxygen atoms in total. The van der Waals surface area contributed by atoms with Crippen molar-refractivity contribution in [3.8, 4) is 0 Å². The lowest BCUT2D eigenvalue weighted by Crippen LogP contribution is -2.42.